The Morgan fingerprint density at radius 3 is 2.55 bits per heavy atom. The van der Waals surface area contributed by atoms with Gasteiger partial charge in [0, 0.05) is 17.8 Å². The van der Waals surface area contributed by atoms with E-state index in [1.165, 1.54) is 12.1 Å². The quantitative estimate of drug-likeness (QED) is 0.831. The van der Waals surface area contributed by atoms with Crippen LogP contribution in [0.4, 0.5) is 10.1 Å². The first-order chi connectivity index (χ1) is 9.60. The van der Waals surface area contributed by atoms with Crippen molar-refractivity contribution in [1.29, 1.82) is 0 Å². The minimum Gasteiger partial charge on any atom is -0.497 e. The third kappa shape index (κ3) is 3.45. The summed E-state index contributed by atoms with van der Waals surface area (Å²) in [5, 5.41) is 3.20. The fourth-order valence-electron chi connectivity index (χ4n) is 1.82. The summed E-state index contributed by atoms with van der Waals surface area (Å²) in [7, 11) is 1.63. The van der Waals surface area contributed by atoms with Gasteiger partial charge in [0.25, 0.3) is 0 Å². The second kappa shape index (κ2) is 6.34. The molecule has 0 spiro atoms. The molecule has 2 aromatic rings. The molecular weight excluding hydrogens is 275 g/mol. The van der Waals surface area contributed by atoms with Crippen molar-refractivity contribution in [1.82, 2.24) is 0 Å². The predicted molar refractivity (Wildman–Crippen MR) is 82.6 cm³/mol. The lowest BCUT2D eigenvalue weighted by Gasteiger charge is -2.11. The molecule has 2 rings (SSSR count). The minimum atomic E-state index is -0.359. The molecule has 5 heteroatoms. The highest BCUT2D eigenvalue weighted by molar-refractivity contribution is 7.80. The van der Waals surface area contributed by atoms with Crippen LogP contribution in [0.2, 0.25) is 0 Å². The molecule has 0 amide bonds. The van der Waals surface area contributed by atoms with Crippen LogP contribution in [0.3, 0.4) is 0 Å². The Morgan fingerprint density at radius 2 is 1.95 bits per heavy atom. The van der Waals surface area contributed by atoms with Crippen LogP contribution in [0.15, 0.2) is 42.5 Å². The largest absolute Gasteiger partial charge is 0.497 e. The number of nitrogens with two attached hydrogens (primary N) is 1. The monoisotopic (exact) mass is 290 g/mol. The van der Waals surface area contributed by atoms with Crippen LogP contribution in [0.25, 0.3) is 0 Å². The van der Waals surface area contributed by atoms with Gasteiger partial charge in [0.15, 0.2) is 0 Å². The zero-order valence-corrected chi connectivity index (χ0v) is 11.8. The maximum Gasteiger partial charge on any atom is 0.124 e. The van der Waals surface area contributed by atoms with Crippen LogP contribution in [0.1, 0.15) is 11.1 Å². The molecule has 0 heterocycles. The molecular formula is C15H15FN2OS. The molecule has 20 heavy (non-hydrogen) atoms. The highest BCUT2D eigenvalue weighted by Gasteiger charge is 2.06. The second-order valence-corrected chi connectivity index (χ2v) is 4.70. The summed E-state index contributed by atoms with van der Waals surface area (Å²) in [5.41, 5.74) is 7.90. The van der Waals surface area contributed by atoms with Gasteiger partial charge in [-0.25, -0.2) is 4.39 Å². The summed E-state index contributed by atoms with van der Waals surface area (Å²) in [6, 6.07) is 12.0. The number of anilines is 1. The lowest BCUT2D eigenvalue weighted by atomic mass is 10.1. The second-order valence-electron chi connectivity index (χ2n) is 4.26. The summed E-state index contributed by atoms with van der Waals surface area (Å²) in [6.07, 6.45) is 0. The molecule has 0 atom stereocenters. The van der Waals surface area contributed by atoms with Gasteiger partial charge in [-0.2, -0.15) is 0 Å². The Hall–Kier alpha value is -2.14. The van der Waals surface area contributed by atoms with Crippen molar-refractivity contribution in [2.45, 2.75) is 6.54 Å². The average Bonchev–Trinajstić information content (AvgIpc) is 2.46. The van der Waals surface area contributed by atoms with Crippen molar-refractivity contribution >= 4 is 22.9 Å². The van der Waals surface area contributed by atoms with E-state index in [4.69, 9.17) is 22.7 Å². The third-order valence-corrected chi connectivity index (χ3v) is 3.11. The Kier molecular flexibility index (Phi) is 4.53. The summed E-state index contributed by atoms with van der Waals surface area (Å²) in [6.45, 7) is 0.589. The van der Waals surface area contributed by atoms with Crippen molar-refractivity contribution in [3.8, 4) is 5.75 Å². The number of benzene rings is 2. The van der Waals surface area contributed by atoms with Gasteiger partial charge in [-0.1, -0.05) is 24.4 Å². The Labute approximate surface area is 122 Å². The number of nitrogens with one attached hydrogen (secondary N) is 1. The van der Waals surface area contributed by atoms with Gasteiger partial charge in [0.05, 0.1) is 7.11 Å². The Balaban J connectivity index is 2.12. The molecule has 0 aliphatic carbocycles. The number of ether oxygens (including phenoxy) is 1. The molecule has 0 bridgehead atoms. The van der Waals surface area contributed by atoms with Crippen molar-refractivity contribution < 1.29 is 9.13 Å². The van der Waals surface area contributed by atoms with Gasteiger partial charge in [-0.05, 0) is 35.9 Å². The van der Waals surface area contributed by atoms with Crippen molar-refractivity contribution in [2.24, 2.45) is 5.73 Å². The van der Waals surface area contributed by atoms with Gasteiger partial charge in [-0.3, -0.25) is 0 Å². The van der Waals surface area contributed by atoms with E-state index in [2.05, 4.69) is 5.32 Å². The fraction of sp³-hybridized carbons (Fsp3) is 0.133. The maximum atomic E-state index is 13.2. The number of hydrogen-bond acceptors (Lipinski definition) is 3. The van der Waals surface area contributed by atoms with Crippen LogP contribution < -0.4 is 15.8 Å². The smallest absolute Gasteiger partial charge is 0.124 e. The number of hydrogen-bond donors (Lipinski definition) is 2. The summed E-state index contributed by atoms with van der Waals surface area (Å²) in [5.74, 6) is 0.446. The topological polar surface area (TPSA) is 47.3 Å². The van der Waals surface area contributed by atoms with E-state index in [1.54, 1.807) is 13.2 Å². The standard InChI is InChI=1S/C15H15FN2OS/c1-19-12-5-2-10(3-6-12)9-18-14-7-4-11(16)8-13(14)15(17)20/h2-8,18H,9H2,1H3,(H2,17,20). The fourth-order valence-corrected chi connectivity index (χ4v) is 1.98. The lowest BCUT2D eigenvalue weighted by Crippen LogP contribution is -2.13. The SMILES string of the molecule is COc1ccc(CNc2ccc(F)cc2C(N)=S)cc1. The molecule has 0 fully saturated rings. The maximum absolute atomic E-state index is 13.2. The van der Waals surface area contributed by atoms with Crippen molar-refractivity contribution in [3.63, 3.8) is 0 Å². The predicted octanol–water partition coefficient (Wildman–Crippen LogP) is 3.08. The van der Waals surface area contributed by atoms with E-state index in [0.29, 0.717) is 12.1 Å². The summed E-state index contributed by atoms with van der Waals surface area (Å²) in [4.78, 5) is 0.168. The Morgan fingerprint density at radius 1 is 1.25 bits per heavy atom. The van der Waals surface area contributed by atoms with Gasteiger partial charge < -0.3 is 15.8 Å². The number of halogens is 1. The molecule has 0 aromatic heterocycles. The summed E-state index contributed by atoms with van der Waals surface area (Å²) < 4.78 is 18.3. The van der Waals surface area contributed by atoms with Crippen LogP contribution in [-0.4, -0.2) is 12.1 Å². The van der Waals surface area contributed by atoms with E-state index < -0.39 is 0 Å². The zero-order valence-electron chi connectivity index (χ0n) is 11.0. The van der Waals surface area contributed by atoms with Crippen LogP contribution >= 0.6 is 12.2 Å². The third-order valence-electron chi connectivity index (χ3n) is 2.89. The van der Waals surface area contributed by atoms with E-state index in [9.17, 15) is 4.39 Å². The van der Waals surface area contributed by atoms with E-state index in [1.807, 2.05) is 24.3 Å². The molecule has 2 aromatic carbocycles. The molecule has 0 saturated heterocycles. The molecule has 0 unspecified atom stereocenters. The van der Waals surface area contributed by atoms with E-state index >= 15 is 0 Å². The number of thiocarbonyl (C=S) groups is 1. The van der Waals surface area contributed by atoms with Crippen molar-refractivity contribution in [3.05, 3.63) is 59.4 Å². The first-order valence-electron chi connectivity index (χ1n) is 6.06. The van der Waals surface area contributed by atoms with Gasteiger partial charge in [0.1, 0.15) is 16.6 Å². The molecule has 0 saturated carbocycles. The van der Waals surface area contributed by atoms with Crippen LogP contribution in [0.5, 0.6) is 5.75 Å². The highest BCUT2D eigenvalue weighted by atomic mass is 32.1. The van der Waals surface area contributed by atoms with Crippen LogP contribution in [0, 0.1) is 5.82 Å². The molecule has 0 radical (unpaired) electrons. The molecule has 104 valence electrons. The van der Waals surface area contributed by atoms with Gasteiger partial charge in [0.2, 0.25) is 0 Å². The molecule has 0 aliphatic rings. The Bertz CT molecular complexity index is 614. The number of rotatable bonds is 5. The van der Waals surface area contributed by atoms with Crippen molar-refractivity contribution in [2.75, 3.05) is 12.4 Å². The van der Waals surface area contributed by atoms with Gasteiger partial charge in [-0.15, -0.1) is 0 Å². The highest BCUT2D eigenvalue weighted by Crippen LogP contribution is 2.19. The summed E-state index contributed by atoms with van der Waals surface area (Å²) >= 11 is 4.93. The first-order valence-corrected chi connectivity index (χ1v) is 6.47. The first kappa shape index (κ1) is 14.3. The minimum absolute atomic E-state index is 0.168. The van der Waals surface area contributed by atoms with Crippen LogP contribution in [-0.2, 0) is 6.54 Å². The average molecular weight is 290 g/mol. The van der Waals surface area contributed by atoms with Gasteiger partial charge >= 0.3 is 0 Å². The molecule has 3 N–H and O–H groups in total. The van der Waals surface area contributed by atoms with E-state index in [0.717, 1.165) is 17.0 Å². The molecule has 3 nitrogen and oxygen atoms in total. The lowest BCUT2D eigenvalue weighted by molar-refractivity contribution is 0.414. The van der Waals surface area contributed by atoms with E-state index in [-0.39, 0.29) is 10.8 Å². The zero-order chi connectivity index (χ0) is 14.5. The number of methoxy groups -OCH3 is 1. The molecule has 0 aliphatic heterocycles. The normalized spacial score (nSPS) is 10.1.